The molecule has 33 heavy (non-hydrogen) atoms. The van der Waals surface area contributed by atoms with E-state index >= 15 is 0 Å². The molecule has 0 bridgehead atoms. The second-order valence-electron chi connectivity index (χ2n) is 8.04. The standard InChI is InChI=1S/C27H30FO4P/c1-5-13-27(2,33-25-12-11-21(28)14-20(25)17-29)23-15-22(30-3)16-24(31-4)26(23)32-18-19-9-7-6-8-10-19/h6-12,14-17,33H,5,13,18H2,1-4H3. The fourth-order valence-corrected chi connectivity index (χ4v) is 5.67. The monoisotopic (exact) mass is 468 g/mol. The highest BCUT2D eigenvalue weighted by atomic mass is 31.1. The first-order valence-electron chi connectivity index (χ1n) is 10.9. The Hall–Kier alpha value is -2.91. The van der Waals surface area contributed by atoms with Crippen molar-refractivity contribution in [2.24, 2.45) is 0 Å². The molecule has 3 aromatic rings. The normalized spacial score (nSPS) is 13.0. The van der Waals surface area contributed by atoms with Crippen LogP contribution in [0.4, 0.5) is 4.39 Å². The first-order chi connectivity index (χ1) is 15.9. The maximum Gasteiger partial charge on any atom is 0.166 e. The highest BCUT2D eigenvalue weighted by Gasteiger charge is 2.33. The Morgan fingerprint density at radius 3 is 2.42 bits per heavy atom. The zero-order valence-corrected chi connectivity index (χ0v) is 20.5. The van der Waals surface area contributed by atoms with Crippen molar-refractivity contribution in [1.82, 2.24) is 0 Å². The predicted octanol–water partition coefficient (Wildman–Crippen LogP) is 6.25. The minimum absolute atomic E-state index is 0.209. The van der Waals surface area contributed by atoms with E-state index in [0.717, 1.165) is 35.6 Å². The van der Waals surface area contributed by atoms with Crippen molar-refractivity contribution < 1.29 is 23.4 Å². The van der Waals surface area contributed by atoms with Gasteiger partial charge < -0.3 is 14.2 Å². The molecule has 6 heteroatoms. The van der Waals surface area contributed by atoms with E-state index in [0.29, 0.717) is 29.4 Å². The first kappa shape index (κ1) is 24.7. The van der Waals surface area contributed by atoms with E-state index < -0.39 is 11.0 Å². The zero-order chi connectivity index (χ0) is 23.8. The van der Waals surface area contributed by atoms with Crippen LogP contribution in [0.2, 0.25) is 0 Å². The maximum atomic E-state index is 13.8. The number of ether oxygens (including phenoxy) is 3. The third-order valence-electron chi connectivity index (χ3n) is 5.61. The number of rotatable bonds is 11. The predicted molar refractivity (Wildman–Crippen MR) is 132 cm³/mol. The number of benzene rings is 3. The lowest BCUT2D eigenvalue weighted by Crippen LogP contribution is -2.22. The third kappa shape index (κ3) is 5.91. The molecule has 0 heterocycles. The van der Waals surface area contributed by atoms with Crippen LogP contribution in [-0.4, -0.2) is 20.5 Å². The molecule has 2 atom stereocenters. The number of hydrogen-bond donors (Lipinski definition) is 0. The van der Waals surface area contributed by atoms with Gasteiger partial charge in [0.25, 0.3) is 0 Å². The quantitative estimate of drug-likeness (QED) is 0.246. The van der Waals surface area contributed by atoms with Crippen LogP contribution in [0.15, 0.2) is 60.7 Å². The summed E-state index contributed by atoms with van der Waals surface area (Å²) in [5.41, 5.74) is 2.36. The molecule has 0 radical (unpaired) electrons. The van der Waals surface area contributed by atoms with E-state index in [-0.39, 0.29) is 8.58 Å². The van der Waals surface area contributed by atoms with Gasteiger partial charge in [0.2, 0.25) is 0 Å². The van der Waals surface area contributed by atoms with Crippen LogP contribution in [-0.2, 0) is 11.8 Å². The van der Waals surface area contributed by atoms with Crippen molar-refractivity contribution in [3.8, 4) is 17.2 Å². The number of carbonyl (C=O) groups excluding carboxylic acids is 1. The summed E-state index contributed by atoms with van der Waals surface area (Å²) in [6, 6.07) is 18.1. The fourth-order valence-electron chi connectivity index (χ4n) is 3.94. The zero-order valence-electron chi connectivity index (χ0n) is 19.5. The molecule has 0 saturated carbocycles. The smallest absolute Gasteiger partial charge is 0.166 e. The van der Waals surface area contributed by atoms with Crippen molar-refractivity contribution in [3.05, 3.63) is 83.2 Å². The van der Waals surface area contributed by atoms with Gasteiger partial charge in [0, 0.05) is 22.3 Å². The van der Waals surface area contributed by atoms with E-state index in [9.17, 15) is 9.18 Å². The number of aldehydes is 1. The summed E-state index contributed by atoms with van der Waals surface area (Å²) in [4.78, 5) is 11.7. The van der Waals surface area contributed by atoms with Crippen LogP contribution in [0.3, 0.4) is 0 Å². The van der Waals surface area contributed by atoms with Gasteiger partial charge in [-0.05, 0) is 35.5 Å². The minimum atomic E-state index is -0.419. The Morgan fingerprint density at radius 1 is 1.03 bits per heavy atom. The Balaban J connectivity index is 2.11. The molecular formula is C27H30FO4P. The van der Waals surface area contributed by atoms with Crippen LogP contribution in [0.1, 0.15) is 48.2 Å². The van der Waals surface area contributed by atoms with Crippen LogP contribution < -0.4 is 19.5 Å². The van der Waals surface area contributed by atoms with E-state index in [1.807, 2.05) is 42.5 Å². The SMILES string of the molecule is CCCC(C)(Pc1ccc(F)cc1C=O)c1cc(OC)cc(OC)c1OCc1ccccc1. The van der Waals surface area contributed by atoms with E-state index in [1.165, 1.54) is 12.1 Å². The van der Waals surface area contributed by atoms with Crippen LogP contribution in [0.5, 0.6) is 17.2 Å². The van der Waals surface area contributed by atoms with Crippen molar-refractivity contribution >= 4 is 20.2 Å². The average Bonchev–Trinajstić information content (AvgIpc) is 2.84. The van der Waals surface area contributed by atoms with Gasteiger partial charge in [-0.2, -0.15) is 0 Å². The lowest BCUT2D eigenvalue weighted by atomic mass is 9.93. The van der Waals surface area contributed by atoms with Gasteiger partial charge in [-0.15, -0.1) is 0 Å². The second kappa shape index (κ2) is 11.3. The Kier molecular flexibility index (Phi) is 8.46. The van der Waals surface area contributed by atoms with Crippen LogP contribution >= 0.6 is 8.58 Å². The molecule has 3 aromatic carbocycles. The molecule has 0 spiro atoms. The summed E-state index contributed by atoms with van der Waals surface area (Å²) in [7, 11) is 3.44. The van der Waals surface area contributed by atoms with Gasteiger partial charge in [0.05, 0.1) is 14.2 Å². The molecule has 0 fully saturated rings. The number of carbonyl (C=O) groups is 1. The van der Waals surface area contributed by atoms with Crippen molar-refractivity contribution in [2.75, 3.05) is 14.2 Å². The Morgan fingerprint density at radius 2 is 1.79 bits per heavy atom. The summed E-state index contributed by atoms with van der Waals surface area (Å²) in [6.45, 7) is 4.66. The van der Waals surface area contributed by atoms with Crippen molar-refractivity contribution in [1.29, 1.82) is 0 Å². The molecule has 0 aliphatic heterocycles. The highest BCUT2D eigenvalue weighted by molar-refractivity contribution is 7.48. The molecule has 0 aliphatic carbocycles. The molecule has 0 saturated heterocycles. The fraction of sp³-hybridized carbons (Fsp3) is 0.296. The number of methoxy groups -OCH3 is 2. The third-order valence-corrected chi connectivity index (χ3v) is 7.40. The maximum absolute atomic E-state index is 13.8. The topological polar surface area (TPSA) is 44.8 Å². The van der Waals surface area contributed by atoms with Gasteiger partial charge in [-0.1, -0.05) is 65.2 Å². The number of halogens is 1. The molecule has 0 N–H and O–H groups in total. The summed E-state index contributed by atoms with van der Waals surface area (Å²) in [5.74, 6) is 1.48. The average molecular weight is 469 g/mol. The molecule has 0 aromatic heterocycles. The van der Waals surface area contributed by atoms with Gasteiger partial charge >= 0.3 is 0 Å². The summed E-state index contributed by atoms with van der Waals surface area (Å²) in [6.07, 6.45) is 2.47. The summed E-state index contributed by atoms with van der Waals surface area (Å²) in [5, 5.41) is 0.427. The lowest BCUT2D eigenvalue weighted by Gasteiger charge is -2.33. The highest BCUT2D eigenvalue weighted by Crippen LogP contribution is 2.52. The molecule has 0 aliphatic rings. The summed E-state index contributed by atoms with van der Waals surface area (Å²) >= 11 is 0. The molecule has 0 amide bonds. The molecule has 174 valence electrons. The summed E-state index contributed by atoms with van der Waals surface area (Å²) < 4.78 is 31.4. The van der Waals surface area contributed by atoms with Crippen molar-refractivity contribution in [2.45, 2.75) is 38.5 Å². The van der Waals surface area contributed by atoms with E-state index in [1.54, 1.807) is 20.3 Å². The Labute approximate surface area is 196 Å². The molecular weight excluding hydrogens is 438 g/mol. The molecule has 2 unspecified atom stereocenters. The van der Waals surface area contributed by atoms with E-state index in [4.69, 9.17) is 14.2 Å². The second-order valence-corrected chi connectivity index (χ2v) is 9.93. The van der Waals surface area contributed by atoms with Gasteiger partial charge in [0.1, 0.15) is 18.2 Å². The van der Waals surface area contributed by atoms with Gasteiger partial charge in [-0.3, -0.25) is 4.79 Å². The first-order valence-corrected chi connectivity index (χ1v) is 11.9. The Bertz CT molecular complexity index is 1090. The minimum Gasteiger partial charge on any atom is -0.497 e. The van der Waals surface area contributed by atoms with Gasteiger partial charge in [0.15, 0.2) is 17.8 Å². The van der Waals surface area contributed by atoms with Crippen molar-refractivity contribution in [3.63, 3.8) is 0 Å². The van der Waals surface area contributed by atoms with Crippen LogP contribution in [0.25, 0.3) is 0 Å². The molecule has 4 nitrogen and oxygen atoms in total. The molecule has 3 rings (SSSR count). The number of hydrogen-bond acceptors (Lipinski definition) is 4. The van der Waals surface area contributed by atoms with Gasteiger partial charge in [-0.25, -0.2) is 4.39 Å². The van der Waals surface area contributed by atoms with Crippen LogP contribution in [0, 0.1) is 5.82 Å². The lowest BCUT2D eigenvalue weighted by molar-refractivity contribution is 0.112. The van der Waals surface area contributed by atoms with E-state index in [2.05, 4.69) is 13.8 Å². The largest absolute Gasteiger partial charge is 0.497 e.